The number of rotatable bonds is 4. The number of anilines is 1. The summed E-state index contributed by atoms with van der Waals surface area (Å²) in [7, 11) is 1.52. The number of nitrogens with zero attached hydrogens (tertiary/aromatic N) is 2. The summed E-state index contributed by atoms with van der Waals surface area (Å²) in [6, 6.07) is 13.2. The molecule has 1 atom stereocenters. The zero-order valence-corrected chi connectivity index (χ0v) is 17.6. The number of ketones is 1. The van der Waals surface area contributed by atoms with Crippen LogP contribution in [0.5, 0.6) is 5.75 Å². The predicted octanol–water partition coefficient (Wildman–Crippen LogP) is 4.54. The van der Waals surface area contributed by atoms with Gasteiger partial charge in [-0.2, -0.15) is 0 Å². The number of amides is 1. The number of hydrogen-bond donors (Lipinski definition) is 1. The topological polar surface area (TPSA) is 79.7 Å². The number of hydrogen-bond acceptors (Lipinski definition) is 6. The summed E-state index contributed by atoms with van der Waals surface area (Å²) in [6.07, 6.45) is 1.57. The van der Waals surface area contributed by atoms with Crippen LogP contribution in [0.3, 0.4) is 0 Å². The number of aromatic nitrogens is 1. The number of methoxy groups -OCH3 is 1. The second kappa shape index (κ2) is 7.81. The van der Waals surface area contributed by atoms with Crippen LogP contribution < -0.4 is 9.64 Å². The van der Waals surface area contributed by atoms with E-state index in [1.807, 2.05) is 18.2 Å². The number of Topliss-reactive ketones (excluding diaryl/α,β-unsaturated/α-hetero) is 1. The van der Waals surface area contributed by atoms with E-state index in [0.29, 0.717) is 22.0 Å². The number of carbonyl (C=O) groups excluding carboxylic acids is 2. The summed E-state index contributed by atoms with van der Waals surface area (Å²) in [6.45, 7) is 0. The van der Waals surface area contributed by atoms with Crippen LogP contribution in [-0.2, 0) is 9.59 Å². The van der Waals surface area contributed by atoms with Crippen LogP contribution in [0.25, 0.3) is 5.76 Å². The lowest BCUT2D eigenvalue weighted by molar-refractivity contribution is -0.132. The highest BCUT2D eigenvalue weighted by Crippen LogP contribution is 2.43. The van der Waals surface area contributed by atoms with Gasteiger partial charge in [-0.1, -0.05) is 40.2 Å². The molecular weight excluding hydrogens is 456 g/mol. The molecule has 2 heterocycles. The molecule has 1 N–H and O–H groups in total. The van der Waals surface area contributed by atoms with Crippen molar-refractivity contribution in [1.29, 1.82) is 0 Å². The molecule has 8 heteroatoms. The number of carbonyl (C=O) groups is 2. The van der Waals surface area contributed by atoms with Gasteiger partial charge in [-0.3, -0.25) is 14.5 Å². The van der Waals surface area contributed by atoms with Gasteiger partial charge >= 0.3 is 5.91 Å². The minimum absolute atomic E-state index is 0.0107. The summed E-state index contributed by atoms with van der Waals surface area (Å²) >= 11 is 4.68. The Kier molecular flexibility index (Phi) is 5.21. The molecule has 1 amide bonds. The van der Waals surface area contributed by atoms with Gasteiger partial charge in [0, 0.05) is 21.6 Å². The zero-order valence-electron chi connectivity index (χ0n) is 15.2. The first-order chi connectivity index (χ1) is 14.0. The molecule has 1 unspecified atom stereocenters. The number of ether oxygens (including phenoxy) is 1. The van der Waals surface area contributed by atoms with Gasteiger partial charge in [0.2, 0.25) is 0 Å². The van der Waals surface area contributed by atoms with Crippen molar-refractivity contribution >= 4 is 49.8 Å². The van der Waals surface area contributed by atoms with Crippen LogP contribution in [0.1, 0.15) is 17.2 Å². The molecule has 0 aliphatic carbocycles. The van der Waals surface area contributed by atoms with E-state index in [-0.39, 0.29) is 11.3 Å². The van der Waals surface area contributed by atoms with E-state index in [4.69, 9.17) is 4.74 Å². The molecule has 1 saturated heterocycles. The van der Waals surface area contributed by atoms with Crippen LogP contribution >= 0.6 is 27.3 Å². The lowest BCUT2D eigenvalue weighted by Gasteiger charge is -2.23. The number of halogens is 1. The standard InChI is InChI=1S/C21H15BrN2O4S/c1-28-15-7-3-5-13(11-15)18(25)16-17(12-4-2-6-14(22)10-12)24(20(27)19(16)26)21-23-8-9-29-21/h2-11,17,25H,1H3/b18-16+. The van der Waals surface area contributed by atoms with Gasteiger partial charge in [-0.25, -0.2) is 4.98 Å². The maximum atomic E-state index is 13.0. The van der Waals surface area contributed by atoms with Gasteiger partial charge in [0.25, 0.3) is 5.78 Å². The van der Waals surface area contributed by atoms with Crippen molar-refractivity contribution in [3.8, 4) is 5.75 Å². The summed E-state index contributed by atoms with van der Waals surface area (Å²) in [5.41, 5.74) is 1.08. The summed E-state index contributed by atoms with van der Waals surface area (Å²) in [4.78, 5) is 31.4. The fraction of sp³-hybridized carbons (Fsp3) is 0.0952. The molecule has 0 radical (unpaired) electrons. The molecule has 1 aliphatic rings. The molecule has 146 valence electrons. The Bertz CT molecular complexity index is 1130. The van der Waals surface area contributed by atoms with Crippen LogP contribution in [0, 0.1) is 0 Å². The van der Waals surface area contributed by atoms with Crippen molar-refractivity contribution in [3.05, 3.63) is 81.3 Å². The van der Waals surface area contributed by atoms with Gasteiger partial charge in [0.15, 0.2) is 5.13 Å². The molecule has 0 spiro atoms. The second-order valence-electron chi connectivity index (χ2n) is 6.27. The minimum atomic E-state index is -0.801. The summed E-state index contributed by atoms with van der Waals surface area (Å²) in [5, 5.41) is 13.2. The average molecular weight is 471 g/mol. The lowest BCUT2D eigenvalue weighted by atomic mass is 9.95. The fourth-order valence-electron chi connectivity index (χ4n) is 3.28. The van der Waals surface area contributed by atoms with E-state index < -0.39 is 17.7 Å². The zero-order chi connectivity index (χ0) is 20.5. The van der Waals surface area contributed by atoms with Gasteiger partial charge in [0.1, 0.15) is 11.5 Å². The molecule has 0 saturated carbocycles. The molecule has 6 nitrogen and oxygen atoms in total. The van der Waals surface area contributed by atoms with E-state index in [2.05, 4.69) is 20.9 Å². The first-order valence-corrected chi connectivity index (χ1v) is 10.3. The van der Waals surface area contributed by atoms with Crippen molar-refractivity contribution in [2.75, 3.05) is 12.0 Å². The van der Waals surface area contributed by atoms with Crippen LogP contribution in [0.15, 0.2) is 70.2 Å². The third-order valence-electron chi connectivity index (χ3n) is 4.58. The van der Waals surface area contributed by atoms with Gasteiger partial charge < -0.3 is 9.84 Å². The molecule has 0 bridgehead atoms. The van der Waals surface area contributed by atoms with Crippen LogP contribution in [-0.4, -0.2) is 28.9 Å². The van der Waals surface area contributed by atoms with Crippen LogP contribution in [0.2, 0.25) is 0 Å². The van der Waals surface area contributed by atoms with Crippen LogP contribution in [0.4, 0.5) is 5.13 Å². The highest BCUT2D eigenvalue weighted by molar-refractivity contribution is 9.10. The maximum absolute atomic E-state index is 13.0. The molecule has 1 fully saturated rings. The third-order valence-corrected chi connectivity index (χ3v) is 5.84. The van der Waals surface area contributed by atoms with E-state index in [0.717, 1.165) is 4.47 Å². The second-order valence-corrected chi connectivity index (χ2v) is 8.06. The Labute approximate surface area is 179 Å². The van der Waals surface area contributed by atoms with E-state index in [1.165, 1.54) is 23.3 Å². The summed E-state index contributed by atoms with van der Waals surface area (Å²) < 4.78 is 6.01. The van der Waals surface area contributed by atoms with E-state index in [9.17, 15) is 14.7 Å². The SMILES string of the molecule is COc1cccc(/C(O)=C2\C(=O)C(=O)N(c3nccs3)C2c2cccc(Br)c2)c1. The first kappa shape index (κ1) is 19.4. The van der Waals surface area contributed by atoms with Crippen molar-refractivity contribution in [3.63, 3.8) is 0 Å². The quantitative estimate of drug-likeness (QED) is 0.344. The monoisotopic (exact) mass is 470 g/mol. The Morgan fingerprint density at radius 3 is 2.69 bits per heavy atom. The van der Waals surface area contributed by atoms with Crippen molar-refractivity contribution in [2.45, 2.75) is 6.04 Å². The minimum Gasteiger partial charge on any atom is -0.507 e. The Morgan fingerprint density at radius 2 is 2.00 bits per heavy atom. The number of thiazole rings is 1. The number of aliphatic hydroxyl groups excluding tert-OH is 1. The average Bonchev–Trinajstić information content (AvgIpc) is 3.34. The Balaban J connectivity index is 1.95. The number of aliphatic hydroxyl groups is 1. The van der Waals surface area contributed by atoms with Crippen molar-refractivity contribution < 1.29 is 19.4 Å². The van der Waals surface area contributed by atoms with Gasteiger partial charge in [0.05, 0.1) is 18.7 Å². The molecule has 4 rings (SSSR count). The molecule has 1 aromatic heterocycles. The smallest absolute Gasteiger partial charge is 0.301 e. The van der Waals surface area contributed by atoms with Gasteiger partial charge in [-0.15, -0.1) is 11.3 Å². The van der Waals surface area contributed by atoms with E-state index in [1.54, 1.807) is 41.9 Å². The molecule has 3 aromatic rings. The molecule has 2 aromatic carbocycles. The van der Waals surface area contributed by atoms with Gasteiger partial charge in [-0.05, 0) is 29.8 Å². The number of benzene rings is 2. The highest BCUT2D eigenvalue weighted by Gasteiger charge is 2.48. The first-order valence-electron chi connectivity index (χ1n) is 8.61. The summed E-state index contributed by atoms with van der Waals surface area (Å²) in [5.74, 6) is -1.21. The highest BCUT2D eigenvalue weighted by atomic mass is 79.9. The van der Waals surface area contributed by atoms with E-state index >= 15 is 0 Å². The normalized spacial score (nSPS) is 18.3. The maximum Gasteiger partial charge on any atom is 0.301 e. The fourth-order valence-corrected chi connectivity index (χ4v) is 4.37. The largest absolute Gasteiger partial charge is 0.507 e. The van der Waals surface area contributed by atoms with Crippen molar-refractivity contribution in [2.24, 2.45) is 0 Å². The lowest BCUT2D eigenvalue weighted by Crippen LogP contribution is -2.29. The molecule has 1 aliphatic heterocycles. The third kappa shape index (κ3) is 3.45. The molecular formula is C21H15BrN2O4S. The molecule has 29 heavy (non-hydrogen) atoms. The van der Waals surface area contributed by atoms with Crippen molar-refractivity contribution in [1.82, 2.24) is 4.98 Å². The predicted molar refractivity (Wildman–Crippen MR) is 114 cm³/mol. The Hall–Kier alpha value is -2.97. The Morgan fingerprint density at radius 1 is 1.21 bits per heavy atom.